The summed E-state index contributed by atoms with van der Waals surface area (Å²) in [7, 11) is -3.75. The number of aryl methyl sites for hydroxylation is 1. The zero-order valence-electron chi connectivity index (χ0n) is 10.2. The second-order valence-electron chi connectivity index (χ2n) is 3.97. The standard InChI is InChI=1S/C11H14F3NO3S/c1-8-3-2-4-9(10(8)15)19(16,17)6-5-18-7-11(12,13)14/h2-4H,5-7,15H2,1H3. The van der Waals surface area contributed by atoms with Gasteiger partial charge in [0.25, 0.3) is 0 Å². The van der Waals surface area contributed by atoms with Crippen LogP contribution in [-0.2, 0) is 14.6 Å². The first kappa shape index (κ1) is 15.8. The molecule has 1 rings (SSSR count). The number of ether oxygens (including phenoxy) is 1. The molecule has 19 heavy (non-hydrogen) atoms. The van der Waals surface area contributed by atoms with Crippen molar-refractivity contribution >= 4 is 15.5 Å². The average molecular weight is 297 g/mol. The van der Waals surface area contributed by atoms with Gasteiger partial charge in [-0.3, -0.25) is 0 Å². The summed E-state index contributed by atoms with van der Waals surface area (Å²) in [5.74, 6) is -0.545. The van der Waals surface area contributed by atoms with E-state index in [-0.39, 0.29) is 10.6 Å². The molecule has 0 radical (unpaired) electrons. The molecule has 0 aliphatic heterocycles. The Morgan fingerprint density at radius 2 is 1.95 bits per heavy atom. The highest BCUT2D eigenvalue weighted by Gasteiger charge is 2.28. The number of hydrogen-bond acceptors (Lipinski definition) is 4. The van der Waals surface area contributed by atoms with Gasteiger partial charge in [0.2, 0.25) is 0 Å². The minimum absolute atomic E-state index is 0.0805. The van der Waals surface area contributed by atoms with Crippen LogP contribution in [0.1, 0.15) is 5.56 Å². The summed E-state index contributed by atoms with van der Waals surface area (Å²) in [5, 5.41) is 0. The Morgan fingerprint density at radius 3 is 2.53 bits per heavy atom. The lowest BCUT2D eigenvalue weighted by atomic mass is 10.2. The monoisotopic (exact) mass is 297 g/mol. The van der Waals surface area contributed by atoms with E-state index in [4.69, 9.17) is 5.73 Å². The highest BCUT2D eigenvalue weighted by Crippen LogP contribution is 2.23. The maximum Gasteiger partial charge on any atom is 0.411 e. The maximum absolute atomic E-state index is 11.9. The molecule has 0 amide bonds. The Morgan fingerprint density at radius 1 is 1.32 bits per heavy atom. The molecule has 2 N–H and O–H groups in total. The lowest BCUT2D eigenvalue weighted by molar-refractivity contribution is -0.172. The van der Waals surface area contributed by atoms with E-state index in [1.54, 1.807) is 13.0 Å². The van der Waals surface area contributed by atoms with Gasteiger partial charge in [-0.2, -0.15) is 13.2 Å². The van der Waals surface area contributed by atoms with E-state index in [1.807, 2.05) is 0 Å². The van der Waals surface area contributed by atoms with Crippen LogP contribution in [0.25, 0.3) is 0 Å². The third-order valence-electron chi connectivity index (χ3n) is 2.38. The van der Waals surface area contributed by atoms with Crippen LogP contribution in [0.2, 0.25) is 0 Å². The zero-order chi connectivity index (χ0) is 14.7. The third-order valence-corrected chi connectivity index (χ3v) is 4.11. The van der Waals surface area contributed by atoms with Gasteiger partial charge < -0.3 is 10.5 Å². The molecule has 0 heterocycles. The molecule has 8 heteroatoms. The summed E-state index contributed by atoms with van der Waals surface area (Å²) < 4.78 is 63.5. The molecule has 0 bridgehead atoms. The lowest BCUT2D eigenvalue weighted by Crippen LogP contribution is -2.21. The number of benzene rings is 1. The number of nitrogens with two attached hydrogens (primary N) is 1. The van der Waals surface area contributed by atoms with Gasteiger partial charge in [-0.25, -0.2) is 8.42 Å². The van der Waals surface area contributed by atoms with Crippen LogP contribution in [0.15, 0.2) is 23.1 Å². The van der Waals surface area contributed by atoms with Crippen LogP contribution >= 0.6 is 0 Å². The molecule has 0 atom stereocenters. The Bertz CT molecular complexity index is 541. The van der Waals surface area contributed by atoms with Crippen LogP contribution < -0.4 is 5.73 Å². The molecule has 1 aromatic rings. The topological polar surface area (TPSA) is 69.4 Å². The van der Waals surface area contributed by atoms with Crippen LogP contribution in [0, 0.1) is 6.92 Å². The molecule has 0 aliphatic rings. The number of anilines is 1. The Hall–Kier alpha value is -1.28. The number of hydrogen-bond donors (Lipinski definition) is 1. The van der Waals surface area contributed by atoms with Gasteiger partial charge in [-0.15, -0.1) is 0 Å². The minimum atomic E-state index is -4.47. The molecule has 0 aliphatic carbocycles. The highest BCUT2D eigenvalue weighted by molar-refractivity contribution is 7.91. The maximum atomic E-state index is 11.9. The van der Waals surface area contributed by atoms with Gasteiger partial charge in [0, 0.05) is 0 Å². The van der Waals surface area contributed by atoms with Crippen molar-refractivity contribution < 1.29 is 26.3 Å². The predicted molar refractivity (Wildman–Crippen MR) is 64.5 cm³/mol. The van der Waals surface area contributed by atoms with E-state index in [2.05, 4.69) is 4.74 Å². The van der Waals surface area contributed by atoms with Gasteiger partial charge in [-0.05, 0) is 18.6 Å². The largest absolute Gasteiger partial charge is 0.411 e. The molecular weight excluding hydrogens is 283 g/mol. The van der Waals surface area contributed by atoms with Crippen LogP contribution in [0.3, 0.4) is 0 Å². The number of sulfone groups is 1. The lowest BCUT2D eigenvalue weighted by Gasteiger charge is -2.10. The van der Waals surface area contributed by atoms with Crippen molar-refractivity contribution in [2.45, 2.75) is 18.0 Å². The molecule has 108 valence electrons. The second kappa shape index (κ2) is 5.79. The molecule has 0 unspecified atom stereocenters. The molecule has 0 saturated heterocycles. The smallest absolute Gasteiger partial charge is 0.397 e. The van der Waals surface area contributed by atoms with Crippen molar-refractivity contribution in [3.63, 3.8) is 0 Å². The molecule has 0 fully saturated rings. The van der Waals surface area contributed by atoms with Crippen LogP contribution in [0.4, 0.5) is 18.9 Å². The summed E-state index contributed by atoms with van der Waals surface area (Å²) >= 11 is 0. The fraction of sp³-hybridized carbons (Fsp3) is 0.455. The Balaban J connectivity index is 2.69. The Kier molecular flexibility index (Phi) is 4.81. The van der Waals surface area contributed by atoms with Crippen molar-refractivity contribution in [3.8, 4) is 0 Å². The van der Waals surface area contributed by atoms with E-state index < -0.39 is 35.0 Å². The van der Waals surface area contributed by atoms with Gasteiger partial charge in [0.05, 0.1) is 22.9 Å². The number of nitrogen functional groups attached to an aromatic ring is 1. The van der Waals surface area contributed by atoms with E-state index in [0.29, 0.717) is 5.56 Å². The first-order valence-corrected chi connectivity index (χ1v) is 7.01. The van der Waals surface area contributed by atoms with Crippen molar-refractivity contribution in [3.05, 3.63) is 23.8 Å². The highest BCUT2D eigenvalue weighted by atomic mass is 32.2. The van der Waals surface area contributed by atoms with Gasteiger partial charge in [-0.1, -0.05) is 12.1 Å². The van der Waals surface area contributed by atoms with Crippen molar-refractivity contribution in [2.75, 3.05) is 24.7 Å². The van der Waals surface area contributed by atoms with Crippen molar-refractivity contribution in [1.29, 1.82) is 0 Å². The van der Waals surface area contributed by atoms with E-state index in [9.17, 15) is 21.6 Å². The SMILES string of the molecule is Cc1cccc(S(=O)(=O)CCOCC(F)(F)F)c1N. The van der Waals surface area contributed by atoms with Crippen LogP contribution in [0.5, 0.6) is 0 Å². The fourth-order valence-electron chi connectivity index (χ4n) is 1.39. The quantitative estimate of drug-likeness (QED) is 0.666. The Labute approximate surface area is 109 Å². The normalized spacial score (nSPS) is 12.6. The minimum Gasteiger partial charge on any atom is -0.397 e. The van der Waals surface area contributed by atoms with Gasteiger partial charge >= 0.3 is 6.18 Å². The fourth-order valence-corrected chi connectivity index (χ4v) is 2.73. The first-order valence-electron chi connectivity index (χ1n) is 5.36. The molecule has 0 saturated carbocycles. The average Bonchev–Trinajstić information content (AvgIpc) is 2.27. The molecule has 4 nitrogen and oxygen atoms in total. The van der Waals surface area contributed by atoms with Crippen molar-refractivity contribution in [2.24, 2.45) is 0 Å². The molecule has 1 aromatic carbocycles. The summed E-state index contributed by atoms with van der Waals surface area (Å²) in [5.41, 5.74) is 6.35. The van der Waals surface area contributed by atoms with E-state index in [1.165, 1.54) is 12.1 Å². The van der Waals surface area contributed by atoms with Gasteiger partial charge in [0.15, 0.2) is 9.84 Å². The van der Waals surface area contributed by atoms with Crippen molar-refractivity contribution in [1.82, 2.24) is 0 Å². The third kappa shape index (κ3) is 4.71. The zero-order valence-corrected chi connectivity index (χ0v) is 11.0. The van der Waals surface area contributed by atoms with Crippen LogP contribution in [-0.4, -0.2) is 33.6 Å². The number of para-hydroxylation sites is 1. The second-order valence-corrected chi connectivity index (χ2v) is 6.05. The van der Waals surface area contributed by atoms with E-state index >= 15 is 0 Å². The number of alkyl halides is 3. The molecular formula is C11H14F3NO3S. The van der Waals surface area contributed by atoms with E-state index in [0.717, 1.165) is 0 Å². The first-order chi connectivity index (χ1) is 8.63. The molecule has 0 aromatic heterocycles. The summed E-state index contributed by atoms with van der Waals surface area (Å²) in [6.07, 6.45) is -4.47. The molecule has 0 spiro atoms. The summed E-state index contributed by atoms with van der Waals surface area (Å²) in [6, 6.07) is 4.49. The summed E-state index contributed by atoms with van der Waals surface area (Å²) in [4.78, 5) is -0.0805. The van der Waals surface area contributed by atoms with Gasteiger partial charge in [0.1, 0.15) is 6.61 Å². The predicted octanol–water partition coefficient (Wildman–Crippen LogP) is 1.93. The number of rotatable bonds is 5. The summed E-state index contributed by atoms with van der Waals surface area (Å²) in [6.45, 7) is -0.352. The number of halogens is 3.